The lowest BCUT2D eigenvalue weighted by molar-refractivity contribution is 0.216. The quantitative estimate of drug-likeness (QED) is 0.922. The third kappa shape index (κ3) is 2.34. The van der Waals surface area contributed by atoms with E-state index in [0.29, 0.717) is 0 Å². The van der Waals surface area contributed by atoms with E-state index in [1.54, 1.807) is 7.11 Å². The van der Waals surface area contributed by atoms with Crippen LogP contribution >= 0.6 is 0 Å². The summed E-state index contributed by atoms with van der Waals surface area (Å²) < 4.78 is 10.9. The first-order valence-electron chi connectivity index (χ1n) is 6.76. The van der Waals surface area contributed by atoms with Crippen LogP contribution in [0.2, 0.25) is 0 Å². The molecule has 0 saturated heterocycles. The zero-order chi connectivity index (χ0) is 15.0. The lowest BCUT2D eigenvalue weighted by Gasteiger charge is -2.17. The first kappa shape index (κ1) is 14.7. The third-order valence-electron chi connectivity index (χ3n) is 3.97. The van der Waals surface area contributed by atoms with E-state index >= 15 is 0 Å². The molecule has 0 aliphatic heterocycles. The monoisotopic (exact) mass is 274 g/mol. The SMILES string of the molecule is COc1cc(C)c(C(O)c2c(C)oc(C)c2C)cc1C. The summed E-state index contributed by atoms with van der Waals surface area (Å²) in [6.45, 7) is 9.76. The summed E-state index contributed by atoms with van der Waals surface area (Å²) in [5.74, 6) is 2.48. The Bertz CT molecular complexity index is 638. The summed E-state index contributed by atoms with van der Waals surface area (Å²) in [6.07, 6.45) is -0.669. The fourth-order valence-electron chi connectivity index (χ4n) is 2.69. The number of aryl methyl sites for hydroxylation is 4. The summed E-state index contributed by atoms with van der Waals surface area (Å²) >= 11 is 0. The molecule has 1 unspecified atom stereocenters. The summed E-state index contributed by atoms with van der Waals surface area (Å²) in [5.41, 5.74) is 4.81. The largest absolute Gasteiger partial charge is 0.496 e. The number of hydrogen-bond acceptors (Lipinski definition) is 3. The lowest BCUT2D eigenvalue weighted by Crippen LogP contribution is -2.05. The molecule has 0 radical (unpaired) electrons. The van der Waals surface area contributed by atoms with Crippen molar-refractivity contribution in [3.8, 4) is 5.75 Å². The first-order valence-corrected chi connectivity index (χ1v) is 6.76. The zero-order valence-corrected chi connectivity index (χ0v) is 13.0. The normalized spacial score (nSPS) is 12.6. The van der Waals surface area contributed by atoms with Crippen LogP contribution in [0.3, 0.4) is 0 Å². The number of rotatable bonds is 3. The van der Waals surface area contributed by atoms with Crippen LogP contribution in [0.25, 0.3) is 0 Å². The van der Waals surface area contributed by atoms with Crippen molar-refractivity contribution in [2.75, 3.05) is 7.11 Å². The highest BCUT2D eigenvalue weighted by atomic mass is 16.5. The second-order valence-corrected chi connectivity index (χ2v) is 5.33. The van der Waals surface area contributed by atoms with Crippen LogP contribution < -0.4 is 4.74 Å². The number of benzene rings is 1. The maximum absolute atomic E-state index is 10.7. The van der Waals surface area contributed by atoms with E-state index in [2.05, 4.69) is 0 Å². The number of ether oxygens (including phenoxy) is 1. The molecule has 1 aromatic heterocycles. The van der Waals surface area contributed by atoms with Gasteiger partial charge in [-0.1, -0.05) is 0 Å². The lowest BCUT2D eigenvalue weighted by atomic mass is 9.93. The second-order valence-electron chi connectivity index (χ2n) is 5.33. The van der Waals surface area contributed by atoms with Crippen molar-refractivity contribution in [2.24, 2.45) is 0 Å². The van der Waals surface area contributed by atoms with Crippen LogP contribution in [0.5, 0.6) is 5.75 Å². The molecule has 1 aromatic carbocycles. The van der Waals surface area contributed by atoms with Crippen molar-refractivity contribution in [1.82, 2.24) is 0 Å². The van der Waals surface area contributed by atoms with Crippen molar-refractivity contribution in [2.45, 2.75) is 40.7 Å². The van der Waals surface area contributed by atoms with Gasteiger partial charge in [0.05, 0.1) is 7.11 Å². The first-order chi connectivity index (χ1) is 9.36. The van der Waals surface area contributed by atoms with Crippen LogP contribution in [-0.4, -0.2) is 12.2 Å². The van der Waals surface area contributed by atoms with Gasteiger partial charge in [0.1, 0.15) is 23.4 Å². The highest BCUT2D eigenvalue weighted by Crippen LogP contribution is 2.35. The molecule has 1 atom stereocenters. The Morgan fingerprint density at radius 3 is 2.15 bits per heavy atom. The molecule has 0 saturated carbocycles. The van der Waals surface area contributed by atoms with Crippen molar-refractivity contribution in [3.05, 3.63) is 51.5 Å². The van der Waals surface area contributed by atoms with Crippen molar-refractivity contribution in [3.63, 3.8) is 0 Å². The third-order valence-corrected chi connectivity index (χ3v) is 3.97. The van der Waals surface area contributed by atoms with Gasteiger partial charge in [0.2, 0.25) is 0 Å². The Balaban J connectivity index is 2.53. The Kier molecular flexibility index (Phi) is 3.91. The minimum absolute atomic E-state index is 0.669. The average molecular weight is 274 g/mol. The highest BCUT2D eigenvalue weighted by molar-refractivity contribution is 5.47. The van der Waals surface area contributed by atoms with E-state index in [9.17, 15) is 5.11 Å². The number of aliphatic hydroxyl groups excluding tert-OH is 1. The van der Waals surface area contributed by atoms with Gasteiger partial charge in [-0.25, -0.2) is 0 Å². The van der Waals surface area contributed by atoms with Crippen LogP contribution in [0.15, 0.2) is 16.5 Å². The molecular weight excluding hydrogens is 252 g/mol. The molecule has 1 N–H and O–H groups in total. The topological polar surface area (TPSA) is 42.6 Å². The predicted octanol–water partition coefficient (Wildman–Crippen LogP) is 3.91. The maximum Gasteiger partial charge on any atom is 0.122 e. The number of hydrogen-bond donors (Lipinski definition) is 1. The van der Waals surface area contributed by atoms with Gasteiger partial charge in [-0.05, 0) is 69.0 Å². The fourth-order valence-corrected chi connectivity index (χ4v) is 2.69. The molecule has 3 heteroatoms. The Hall–Kier alpha value is -1.74. The summed E-state index contributed by atoms with van der Waals surface area (Å²) in [6, 6.07) is 3.95. The van der Waals surface area contributed by atoms with Crippen LogP contribution in [0.1, 0.15) is 45.4 Å². The van der Waals surface area contributed by atoms with Gasteiger partial charge in [-0.2, -0.15) is 0 Å². The molecule has 0 aliphatic rings. The number of furan rings is 1. The summed E-state index contributed by atoms with van der Waals surface area (Å²) in [4.78, 5) is 0. The van der Waals surface area contributed by atoms with E-state index in [1.807, 2.05) is 46.8 Å². The van der Waals surface area contributed by atoms with Crippen molar-refractivity contribution < 1.29 is 14.3 Å². The minimum Gasteiger partial charge on any atom is -0.496 e. The Labute approximate surface area is 120 Å². The van der Waals surface area contributed by atoms with E-state index in [1.165, 1.54) is 0 Å². The van der Waals surface area contributed by atoms with Gasteiger partial charge < -0.3 is 14.3 Å². The Morgan fingerprint density at radius 1 is 1.00 bits per heavy atom. The van der Waals surface area contributed by atoms with E-state index < -0.39 is 6.10 Å². The van der Waals surface area contributed by atoms with E-state index in [4.69, 9.17) is 9.15 Å². The van der Waals surface area contributed by atoms with Crippen LogP contribution in [-0.2, 0) is 0 Å². The van der Waals surface area contributed by atoms with Crippen molar-refractivity contribution in [1.29, 1.82) is 0 Å². The Morgan fingerprint density at radius 2 is 1.65 bits per heavy atom. The summed E-state index contributed by atoms with van der Waals surface area (Å²) in [7, 11) is 1.66. The van der Waals surface area contributed by atoms with Crippen LogP contribution in [0.4, 0.5) is 0 Å². The molecule has 0 bridgehead atoms. The number of aliphatic hydroxyl groups is 1. The molecule has 0 aliphatic carbocycles. The van der Waals surface area contributed by atoms with Gasteiger partial charge in [0, 0.05) is 5.56 Å². The molecule has 2 aromatic rings. The molecule has 0 fully saturated rings. The predicted molar refractivity (Wildman–Crippen MR) is 79.4 cm³/mol. The van der Waals surface area contributed by atoms with E-state index in [-0.39, 0.29) is 0 Å². The van der Waals surface area contributed by atoms with Crippen LogP contribution in [0, 0.1) is 34.6 Å². The smallest absolute Gasteiger partial charge is 0.122 e. The molecule has 3 nitrogen and oxygen atoms in total. The minimum atomic E-state index is -0.669. The van der Waals surface area contributed by atoms with Crippen molar-refractivity contribution >= 4 is 0 Å². The summed E-state index contributed by atoms with van der Waals surface area (Å²) in [5, 5.41) is 10.7. The second kappa shape index (κ2) is 5.33. The molecule has 20 heavy (non-hydrogen) atoms. The standard InChI is InChI=1S/C17H22O3/c1-9-8-15(19-6)10(2)7-14(9)17(18)16-11(3)12(4)20-13(16)5/h7-8,17-18H,1-6H3. The fraction of sp³-hybridized carbons (Fsp3) is 0.412. The number of methoxy groups -OCH3 is 1. The molecule has 0 spiro atoms. The molecule has 1 heterocycles. The van der Waals surface area contributed by atoms with Gasteiger partial charge in [0.25, 0.3) is 0 Å². The van der Waals surface area contributed by atoms with Gasteiger partial charge in [-0.15, -0.1) is 0 Å². The molecule has 0 amide bonds. The molecule has 2 rings (SSSR count). The van der Waals surface area contributed by atoms with Gasteiger partial charge in [0.15, 0.2) is 0 Å². The average Bonchev–Trinajstić information content (AvgIpc) is 2.65. The molecule has 108 valence electrons. The van der Waals surface area contributed by atoms with Gasteiger partial charge in [-0.3, -0.25) is 0 Å². The zero-order valence-electron chi connectivity index (χ0n) is 13.0. The van der Waals surface area contributed by atoms with E-state index in [0.717, 1.165) is 45.1 Å². The highest BCUT2D eigenvalue weighted by Gasteiger charge is 2.22. The molecular formula is C17H22O3. The maximum atomic E-state index is 10.7. The van der Waals surface area contributed by atoms with Gasteiger partial charge >= 0.3 is 0 Å².